The van der Waals surface area contributed by atoms with Gasteiger partial charge in [-0.3, -0.25) is 0 Å². The van der Waals surface area contributed by atoms with E-state index in [0.29, 0.717) is 12.6 Å². The third-order valence-electron chi connectivity index (χ3n) is 3.80. The zero-order valence-electron chi connectivity index (χ0n) is 10.2. The SMILES string of the molecule is CC(NCC1(CO)CCCC1)c1cc(Br)cs1. The highest BCUT2D eigenvalue weighted by atomic mass is 79.9. The van der Waals surface area contributed by atoms with Crippen LogP contribution in [-0.2, 0) is 0 Å². The Bertz CT molecular complexity index is 360. The molecule has 1 aromatic heterocycles. The Morgan fingerprint density at radius 2 is 2.24 bits per heavy atom. The van der Waals surface area contributed by atoms with E-state index in [-0.39, 0.29) is 5.41 Å². The molecule has 2 rings (SSSR count). The Kier molecular flexibility index (Phi) is 4.64. The normalized spacial score (nSPS) is 20.6. The zero-order chi connectivity index (χ0) is 12.3. The number of aliphatic hydroxyl groups is 1. The molecule has 2 nitrogen and oxygen atoms in total. The molecule has 96 valence electrons. The molecule has 1 aromatic rings. The second-order valence-electron chi connectivity index (χ2n) is 5.14. The van der Waals surface area contributed by atoms with Crippen LogP contribution in [0.3, 0.4) is 0 Å². The summed E-state index contributed by atoms with van der Waals surface area (Å²) < 4.78 is 1.16. The Morgan fingerprint density at radius 3 is 2.76 bits per heavy atom. The summed E-state index contributed by atoms with van der Waals surface area (Å²) >= 11 is 5.26. The standard InChI is InChI=1S/C13H20BrNOS/c1-10(12-6-11(14)7-17-12)15-8-13(9-16)4-2-3-5-13/h6-7,10,15-16H,2-5,8-9H2,1H3. The monoisotopic (exact) mass is 317 g/mol. The summed E-state index contributed by atoms with van der Waals surface area (Å²) in [6, 6.07) is 2.54. The van der Waals surface area contributed by atoms with Gasteiger partial charge in [0.25, 0.3) is 0 Å². The number of rotatable bonds is 5. The fourth-order valence-electron chi connectivity index (χ4n) is 2.54. The van der Waals surface area contributed by atoms with Crippen molar-refractivity contribution >= 4 is 27.3 Å². The average Bonchev–Trinajstić information content (AvgIpc) is 2.95. The van der Waals surface area contributed by atoms with E-state index in [1.165, 1.54) is 17.7 Å². The minimum atomic E-state index is 0.142. The minimum Gasteiger partial charge on any atom is -0.396 e. The first kappa shape index (κ1) is 13.5. The van der Waals surface area contributed by atoms with E-state index in [4.69, 9.17) is 0 Å². The first-order valence-electron chi connectivity index (χ1n) is 6.23. The van der Waals surface area contributed by atoms with E-state index in [1.54, 1.807) is 11.3 Å². The zero-order valence-corrected chi connectivity index (χ0v) is 12.6. The van der Waals surface area contributed by atoms with Gasteiger partial charge in [-0.2, -0.15) is 0 Å². The van der Waals surface area contributed by atoms with Gasteiger partial charge in [-0.25, -0.2) is 0 Å². The van der Waals surface area contributed by atoms with Crippen molar-refractivity contribution in [3.8, 4) is 0 Å². The maximum atomic E-state index is 9.56. The predicted molar refractivity (Wildman–Crippen MR) is 76.4 cm³/mol. The number of thiophene rings is 1. The molecule has 0 amide bonds. The van der Waals surface area contributed by atoms with E-state index >= 15 is 0 Å². The average molecular weight is 318 g/mol. The molecule has 2 N–H and O–H groups in total. The van der Waals surface area contributed by atoms with Crippen molar-refractivity contribution in [2.45, 2.75) is 38.6 Å². The summed E-state index contributed by atoms with van der Waals surface area (Å²) in [6.07, 6.45) is 4.86. The number of hydrogen-bond acceptors (Lipinski definition) is 3. The molecule has 17 heavy (non-hydrogen) atoms. The van der Waals surface area contributed by atoms with Crippen LogP contribution in [0.5, 0.6) is 0 Å². The second-order valence-corrected chi connectivity index (χ2v) is 6.99. The lowest BCUT2D eigenvalue weighted by Gasteiger charge is -2.28. The van der Waals surface area contributed by atoms with Gasteiger partial charge >= 0.3 is 0 Å². The molecule has 1 heterocycles. The van der Waals surface area contributed by atoms with E-state index in [2.05, 4.69) is 39.6 Å². The maximum absolute atomic E-state index is 9.56. The van der Waals surface area contributed by atoms with Crippen LogP contribution in [0.4, 0.5) is 0 Å². The Hall–Kier alpha value is 0.1000. The molecular weight excluding hydrogens is 298 g/mol. The molecule has 0 bridgehead atoms. The molecule has 0 aromatic carbocycles. The number of hydrogen-bond donors (Lipinski definition) is 2. The van der Waals surface area contributed by atoms with Crippen molar-refractivity contribution < 1.29 is 5.11 Å². The fourth-order valence-corrected chi connectivity index (χ4v) is 4.02. The first-order valence-corrected chi connectivity index (χ1v) is 7.91. The van der Waals surface area contributed by atoms with Gasteiger partial charge in [0.2, 0.25) is 0 Å². The van der Waals surface area contributed by atoms with Crippen molar-refractivity contribution in [1.82, 2.24) is 5.32 Å². The molecular formula is C13H20BrNOS. The van der Waals surface area contributed by atoms with Crippen LogP contribution in [0.25, 0.3) is 0 Å². The van der Waals surface area contributed by atoms with Gasteiger partial charge in [-0.15, -0.1) is 11.3 Å². The molecule has 0 spiro atoms. The summed E-state index contributed by atoms with van der Waals surface area (Å²) in [5, 5.41) is 15.3. The van der Waals surface area contributed by atoms with Gasteiger partial charge < -0.3 is 10.4 Å². The summed E-state index contributed by atoms with van der Waals surface area (Å²) in [4.78, 5) is 1.35. The van der Waals surface area contributed by atoms with Crippen LogP contribution >= 0.6 is 27.3 Å². The van der Waals surface area contributed by atoms with E-state index in [0.717, 1.165) is 23.9 Å². The van der Waals surface area contributed by atoms with Crippen LogP contribution in [0.15, 0.2) is 15.9 Å². The van der Waals surface area contributed by atoms with Crippen LogP contribution in [0, 0.1) is 5.41 Å². The van der Waals surface area contributed by atoms with Crippen molar-refractivity contribution in [3.05, 3.63) is 20.8 Å². The highest BCUT2D eigenvalue weighted by molar-refractivity contribution is 9.10. The van der Waals surface area contributed by atoms with E-state index < -0.39 is 0 Å². The largest absolute Gasteiger partial charge is 0.396 e. The third-order valence-corrected chi connectivity index (χ3v) is 5.67. The molecule has 0 aliphatic heterocycles. The first-order chi connectivity index (χ1) is 8.15. The molecule has 1 aliphatic carbocycles. The quantitative estimate of drug-likeness (QED) is 0.867. The Labute approximate surface area is 116 Å². The lowest BCUT2D eigenvalue weighted by molar-refractivity contribution is 0.125. The van der Waals surface area contributed by atoms with Crippen molar-refractivity contribution in [2.24, 2.45) is 5.41 Å². The molecule has 1 aliphatic rings. The van der Waals surface area contributed by atoms with Crippen LogP contribution in [-0.4, -0.2) is 18.3 Å². The lowest BCUT2D eigenvalue weighted by atomic mass is 9.87. The number of halogens is 1. The predicted octanol–water partition coefficient (Wildman–Crippen LogP) is 3.71. The van der Waals surface area contributed by atoms with Gasteiger partial charge in [0.1, 0.15) is 0 Å². The number of nitrogens with one attached hydrogen (secondary N) is 1. The second kappa shape index (κ2) is 5.83. The molecule has 1 fully saturated rings. The van der Waals surface area contributed by atoms with Gasteiger partial charge in [-0.05, 0) is 41.8 Å². The minimum absolute atomic E-state index is 0.142. The van der Waals surface area contributed by atoms with Gasteiger partial charge in [0.05, 0.1) is 0 Å². The van der Waals surface area contributed by atoms with Crippen molar-refractivity contribution in [2.75, 3.05) is 13.2 Å². The molecule has 0 saturated heterocycles. The molecule has 1 unspecified atom stereocenters. The summed E-state index contributed by atoms with van der Waals surface area (Å²) in [6.45, 7) is 3.44. The Morgan fingerprint density at radius 1 is 1.53 bits per heavy atom. The summed E-state index contributed by atoms with van der Waals surface area (Å²) in [5.41, 5.74) is 0.142. The van der Waals surface area contributed by atoms with E-state index in [9.17, 15) is 5.11 Å². The van der Waals surface area contributed by atoms with Gasteiger partial charge in [-0.1, -0.05) is 12.8 Å². The van der Waals surface area contributed by atoms with Crippen LogP contribution in [0.1, 0.15) is 43.5 Å². The molecule has 0 radical (unpaired) electrons. The highest BCUT2D eigenvalue weighted by Crippen LogP contribution is 2.37. The highest BCUT2D eigenvalue weighted by Gasteiger charge is 2.33. The molecule has 4 heteroatoms. The smallest absolute Gasteiger partial charge is 0.0499 e. The molecule has 1 saturated carbocycles. The van der Waals surface area contributed by atoms with Crippen molar-refractivity contribution in [3.63, 3.8) is 0 Å². The van der Waals surface area contributed by atoms with Crippen molar-refractivity contribution in [1.29, 1.82) is 0 Å². The lowest BCUT2D eigenvalue weighted by Crippen LogP contribution is -2.36. The van der Waals surface area contributed by atoms with E-state index in [1.807, 2.05) is 0 Å². The van der Waals surface area contributed by atoms with Gasteiger partial charge in [0.15, 0.2) is 0 Å². The summed E-state index contributed by atoms with van der Waals surface area (Å²) in [5.74, 6) is 0. The topological polar surface area (TPSA) is 32.3 Å². The maximum Gasteiger partial charge on any atom is 0.0499 e. The van der Waals surface area contributed by atoms with Gasteiger partial charge in [0, 0.05) is 39.3 Å². The Balaban J connectivity index is 1.89. The number of aliphatic hydroxyl groups excluding tert-OH is 1. The summed E-state index contributed by atoms with van der Waals surface area (Å²) in [7, 11) is 0. The van der Waals surface area contributed by atoms with Crippen LogP contribution in [0.2, 0.25) is 0 Å². The molecule has 1 atom stereocenters. The fraction of sp³-hybridized carbons (Fsp3) is 0.692. The van der Waals surface area contributed by atoms with Crippen LogP contribution < -0.4 is 5.32 Å². The third kappa shape index (κ3) is 3.31.